The van der Waals surface area contributed by atoms with Gasteiger partial charge in [0, 0.05) is 12.0 Å². The molecule has 0 amide bonds. The minimum Gasteiger partial charge on any atom is -0.407 e. The molecule has 0 radical (unpaired) electrons. The Balaban J connectivity index is 1.78. The van der Waals surface area contributed by atoms with Gasteiger partial charge in [-0.3, -0.25) is 0 Å². The first-order valence-corrected chi connectivity index (χ1v) is 11.4. The van der Waals surface area contributed by atoms with Gasteiger partial charge in [-0.15, -0.1) is 0 Å². The highest BCUT2D eigenvalue weighted by molar-refractivity contribution is 6.99. The summed E-state index contributed by atoms with van der Waals surface area (Å²) in [7, 11) is -2.53. The molecule has 1 saturated heterocycles. The summed E-state index contributed by atoms with van der Waals surface area (Å²) in [4.78, 5) is 0. The van der Waals surface area contributed by atoms with E-state index < -0.39 is 14.6 Å². The Labute approximate surface area is 157 Å². The molecule has 0 aromatic heterocycles. The van der Waals surface area contributed by atoms with Gasteiger partial charge in [0.2, 0.25) is 0 Å². The Kier molecular flexibility index (Phi) is 4.35. The number of ether oxygens (including phenoxy) is 1. The molecule has 2 fully saturated rings. The van der Waals surface area contributed by atoms with Gasteiger partial charge in [0.05, 0.1) is 6.61 Å². The Morgan fingerprint density at radius 3 is 1.96 bits per heavy atom. The molecule has 2 aromatic carbocycles. The zero-order valence-corrected chi connectivity index (χ0v) is 16.8. The van der Waals surface area contributed by atoms with Crippen LogP contribution >= 0.6 is 0 Å². The summed E-state index contributed by atoms with van der Waals surface area (Å²) < 4.78 is 12.4. The second-order valence-corrected chi connectivity index (χ2v) is 13.1. The average molecular weight is 369 g/mol. The van der Waals surface area contributed by atoms with Crippen LogP contribution in [0.4, 0.5) is 0 Å². The maximum Gasteiger partial charge on any atom is 0.261 e. The van der Waals surface area contributed by atoms with Crippen molar-refractivity contribution in [3.63, 3.8) is 0 Å². The third-order valence-electron chi connectivity index (χ3n) is 6.20. The molecule has 0 bridgehead atoms. The molecule has 1 unspecified atom stereocenters. The number of benzene rings is 2. The van der Waals surface area contributed by atoms with Crippen LogP contribution in [-0.2, 0) is 9.16 Å². The first-order valence-electron chi connectivity index (χ1n) is 9.45. The van der Waals surface area contributed by atoms with Crippen LogP contribution in [0.25, 0.3) is 0 Å². The molecule has 1 heterocycles. The molecule has 3 nitrogen and oxygen atoms in total. The van der Waals surface area contributed by atoms with Crippen LogP contribution in [-0.4, -0.2) is 32.9 Å². The molecule has 3 atom stereocenters. The topological polar surface area (TPSA) is 38.7 Å². The molecular weight excluding hydrogens is 340 g/mol. The van der Waals surface area contributed by atoms with E-state index in [1.807, 2.05) is 0 Å². The zero-order chi connectivity index (χ0) is 18.4. The van der Waals surface area contributed by atoms with Crippen LogP contribution in [0, 0.1) is 11.3 Å². The Bertz CT molecular complexity index is 716. The highest BCUT2D eigenvalue weighted by Gasteiger charge is 2.65. The SMILES string of the molecule is CC(C)(C)[Si](OC[C@]12C[C@H]1COC2O)(c1ccccc1)c1ccccc1. The van der Waals surface area contributed by atoms with Gasteiger partial charge >= 0.3 is 0 Å². The van der Waals surface area contributed by atoms with Gasteiger partial charge in [-0.1, -0.05) is 81.4 Å². The molecule has 2 aliphatic rings. The van der Waals surface area contributed by atoms with Gasteiger partial charge in [0.15, 0.2) is 6.29 Å². The lowest BCUT2D eigenvalue weighted by molar-refractivity contribution is -0.116. The summed E-state index contributed by atoms with van der Waals surface area (Å²) >= 11 is 0. The van der Waals surface area contributed by atoms with E-state index in [1.54, 1.807) is 0 Å². The maximum atomic E-state index is 10.3. The first kappa shape index (κ1) is 17.9. The number of hydrogen-bond donors (Lipinski definition) is 1. The molecule has 1 aliphatic heterocycles. The molecular formula is C22H28O3Si. The summed E-state index contributed by atoms with van der Waals surface area (Å²) in [5.41, 5.74) is -0.201. The van der Waals surface area contributed by atoms with E-state index in [0.717, 1.165) is 6.42 Å². The minimum atomic E-state index is -2.53. The standard InChI is InChI=1S/C22H28O3Si/c1-21(2,3)26(18-10-6-4-7-11-18,19-12-8-5-9-13-19)25-16-22-14-17(22)15-24-20(22)23/h4-13,17,20,23H,14-16H2,1-3H3/t17-,20?,22+/m0/s1. The quantitative estimate of drug-likeness (QED) is 0.825. The van der Waals surface area contributed by atoms with Crippen molar-refractivity contribution < 1.29 is 14.3 Å². The normalized spacial score (nSPS) is 28.0. The van der Waals surface area contributed by atoms with Crippen LogP contribution in [0.1, 0.15) is 27.2 Å². The van der Waals surface area contributed by atoms with Crippen LogP contribution in [0.5, 0.6) is 0 Å². The third kappa shape index (κ3) is 2.67. The predicted octanol–water partition coefficient (Wildman–Crippen LogP) is 2.92. The van der Waals surface area contributed by atoms with Crippen LogP contribution in [0.2, 0.25) is 5.04 Å². The van der Waals surface area contributed by atoms with Crippen molar-refractivity contribution in [1.82, 2.24) is 0 Å². The number of hydrogen-bond acceptors (Lipinski definition) is 3. The highest BCUT2D eigenvalue weighted by atomic mass is 28.4. The molecule has 4 rings (SSSR count). The van der Waals surface area contributed by atoms with Crippen molar-refractivity contribution in [3.8, 4) is 0 Å². The van der Waals surface area contributed by atoms with Gasteiger partial charge in [-0.2, -0.15) is 0 Å². The molecule has 4 heteroatoms. The van der Waals surface area contributed by atoms with Crippen molar-refractivity contribution >= 4 is 18.7 Å². The molecule has 1 N–H and O–H groups in total. The second kappa shape index (κ2) is 6.31. The summed E-state index contributed by atoms with van der Waals surface area (Å²) in [6.07, 6.45) is 0.317. The number of aliphatic hydroxyl groups is 1. The third-order valence-corrected chi connectivity index (χ3v) is 11.2. The van der Waals surface area contributed by atoms with E-state index in [4.69, 9.17) is 9.16 Å². The fraction of sp³-hybridized carbons (Fsp3) is 0.455. The van der Waals surface area contributed by atoms with Crippen molar-refractivity contribution in [2.24, 2.45) is 11.3 Å². The van der Waals surface area contributed by atoms with E-state index in [2.05, 4.69) is 81.4 Å². The van der Waals surface area contributed by atoms with Crippen molar-refractivity contribution in [1.29, 1.82) is 0 Å². The fourth-order valence-electron chi connectivity index (χ4n) is 4.55. The summed E-state index contributed by atoms with van der Waals surface area (Å²) in [5, 5.41) is 12.9. The summed E-state index contributed by atoms with van der Waals surface area (Å²) in [5.74, 6) is 0.440. The van der Waals surface area contributed by atoms with E-state index >= 15 is 0 Å². The monoisotopic (exact) mass is 368 g/mol. The van der Waals surface area contributed by atoms with E-state index in [-0.39, 0.29) is 10.5 Å². The van der Waals surface area contributed by atoms with Crippen molar-refractivity contribution in [2.45, 2.75) is 38.5 Å². The van der Waals surface area contributed by atoms with E-state index in [9.17, 15) is 5.11 Å². The van der Waals surface area contributed by atoms with E-state index in [1.165, 1.54) is 10.4 Å². The fourth-order valence-corrected chi connectivity index (χ4v) is 9.19. The van der Waals surface area contributed by atoms with Gasteiger partial charge < -0.3 is 14.3 Å². The smallest absolute Gasteiger partial charge is 0.261 e. The molecule has 26 heavy (non-hydrogen) atoms. The van der Waals surface area contributed by atoms with Crippen LogP contribution in [0.3, 0.4) is 0 Å². The minimum absolute atomic E-state index is 0.0405. The lowest BCUT2D eigenvalue weighted by atomic mass is 10.1. The Morgan fingerprint density at radius 2 is 1.58 bits per heavy atom. The lowest BCUT2D eigenvalue weighted by Crippen LogP contribution is -2.67. The second-order valence-electron chi connectivity index (χ2n) is 8.77. The number of aliphatic hydroxyl groups excluding tert-OH is 1. The van der Waals surface area contributed by atoms with Gasteiger partial charge in [-0.05, 0) is 27.8 Å². The maximum absolute atomic E-state index is 10.3. The summed E-state index contributed by atoms with van der Waals surface area (Å²) in [6.45, 7) is 8.06. The predicted molar refractivity (Wildman–Crippen MR) is 106 cm³/mol. The van der Waals surface area contributed by atoms with Crippen molar-refractivity contribution in [3.05, 3.63) is 60.7 Å². The van der Waals surface area contributed by atoms with Gasteiger partial charge in [0.25, 0.3) is 8.32 Å². The number of rotatable bonds is 5. The highest BCUT2D eigenvalue weighted by Crippen LogP contribution is 2.60. The molecule has 0 spiro atoms. The van der Waals surface area contributed by atoms with Gasteiger partial charge in [-0.25, -0.2) is 0 Å². The van der Waals surface area contributed by atoms with Crippen molar-refractivity contribution in [2.75, 3.05) is 13.2 Å². The largest absolute Gasteiger partial charge is 0.407 e. The molecule has 2 aromatic rings. The molecule has 138 valence electrons. The average Bonchev–Trinajstić information content (AvgIpc) is 3.27. The van der Waals surface area contributed by atoms with Crippen LogP contribution in [0.15, 0.2) is 60.7 Å². The first-order chi connectivity index (χ1) is 12.4. The lowest BCUT2D eigenvalue weighted by Gasteiger charge is -2.44. The zero-order valence-electron chi connectivity index (χ0n) is 15.8. The van der Waals surface area contributed by atoms with Crippen LogP contribution < -0.4 is 10.4 Å². The molecule has 1 saturated carbocycles. The number of fused-ring (bicyclic) bond motifs is 1. The van der Waals surface area contributed by atoms with Gasteiger partial charge in [0.1, 0.15) is 0 Å². The Hall–Kier alpha value is -1.46. The van der Waals surface area contributed by atoms with E-state index in [0.29, 0.717) is 19.1 Å². The molecule has 1 aliphatic carbocycles. The summed E-state index contributed by atoms with van der Waals surface area (Å²) in [6, 6.07) is 21.3. The Morgan fingerprint density at radius 1 is 1.04 bits per heavy atom.